The predicted octanol–water partition coefficient (Wildman–Crippen LogP) is 2.57. The Balaban J connectivity index is 2.04. The van der Waals surface area contributed by atoms with Crippen LogP contribution in [0, 0.1) is 27.7 Å². The van der Waals surface area contributed by atoms with Gasteiger partial charge < -0.3 is 4.90 Å². The van der Waals surface area contributed by atoms with Gasteiger partial charge in [-0.3, -0.25) is 9.89 Å². The van der Waals surface area contributed by atoms with Gasteiger partial charge in [0.25, 0.3) is 0 Å². The van der Waals surface area contributed by atoms with Crippen LogP contribution in [0.15, 0.2) is 11.2 Å². The number of thioether (sulfide) groups is 1. The summed E-state index contributed by atoms with van der Waals surface area (Å²) in [6.07, 6.45) is 0. The van der Waals surface area contributed by atoms with Crippen LogP contribution in [0.1, 0.15) is 35.3 Å². The summed E-state index contributed by atoms with van der Waals surface area (Å²) in [5, 5.41) is 7.53. The van der Waals surface area contributed by atoms with Crippen molar-refractivity contribution in [2.24, 2.45) is 0 Å². The van der Waals surface area contributed by atoms with E-state index in [4.69, 9.17) is 0 Å². The van der Waals surface area contributed by atoms with Crippen LogP contribution in [0.2, 0.25) is 0 Å². The van der Waals surface area contributed by atoms with Crippen molar-refractivity contribution in [1.29, 1.82) is 0 Å². The largest absolute Gasteiger partial charge is 0.340 e. The van der Waals surface area contributed by atoms with E-state index in [-0.39, 0.29) is 11.2 Å². The van der Waals surface area contributed by atoms with E-state index in [1.807, 2.05) is 47.7 Å². The van der Waals surface area contributed by atoms with Gasteiger partial charge in [0.2, 0.25) is 5.91 Å². The molecule has 0 saturated heterocycles. The molecule has 2 aromatic rings. The fourth-order valence-electron chi connectivity index (χ4n) is 2.39. The number of H-pyrrole nitrogens is 1. The minimum Gasteiger partial charge on any atom is -0.340 e. The molecule has 23 heavy (non-hydrogen) atoms. The Morgan fingerprint density at radius 2 is 1.87 bits per heavy atom. The molecule has 1 atom stereocenters. The molecule has 1 N–H and O–H groups in total. The Labute approximate surface area is 141 Å². The highest BCUT2D eigenvalue weighted by Crippen LogP contribution is 2.22. The van der Waals surface area contributed by atoms with Crippen molar-refractivity contribution in [2.45, 2.75) is 51.6 Å². The van der Waals surface area contributed by atoms with Crippen molar-refractivity contribution < 1.29 is 4.79 Å². The summed E-state index contributed by atoms with van der Waals surface area (Å²) >= 11 is 1.39. The van der Waals surface area contributed by atoms with E-state index in [1.165, 1.54) is 11.8 Å². The number of carbonyl (C=O) groups is 1. The average molecular weight is 333 g/mol. The molecule has 6 nitrogen and oxygen atoms in total. The van der Waals surface area contributed by atoms with Gasteiger partial charge in [0.05, 0.1) is 10.9 Å². The first-order chi connectivity index (χ1) is 10.8. The molecule has 0 aliphatic carbocycles. The van der Waals surface area contributed by atoms with Crippen molar-refractivity contribution in [3.05, 3.63) is 34.4 Å². The van der Waals surface area contributed by atoms with Crippen molar-refractivity contribution in [1.82, 2.24) is 25.1 Å². The number of rotatable bonds is 5. The molecular weight excluding hydrogens is 310 g/mol. The summed E-state index contributed by atoms with van der Waals surface area (Å²) in [5.74, 6) is 0.0535. The van der Waals surface area contributed by atoms with Gasteiger partial charge in [-0.15, -0.1) is 0 Å². The number of aromatic nitrogens is 4. The third-order valence-electron chi connectivity index (χ3n) is 3.64. The van der Waals surface area contributed by atoms with Crippen LogP contribution in [0.5, 0.6) is 0 Å². The molecule has 0 saturated carbocycles. The maximum atomic E-state index is 12.6. The fourth-order valence-corrected chi connectivity index (χ4v) is 3.38. The first kappa shape index (κ1) is 17.5. The molecule has 0 fully saturated rings. The molecule has 0 bridgehead atoms. The van der Waals surface area contributed by atoms with Gasteiger partial charge in [-0.25, -0.2) is 9.97 Å². The van der Waals surface area contributed by atoms with Crippen LogP contribution in [0.3, 0.4) is 0 Å². The zero-order valence-corrected chi connectivity index (χ0v) is 15.3. The summed E-state index contributed by atoms with van der Waals surface area (Å²) in [6.45, 7) is 10.2. The van der Waals surface area contributed by atoms with Crippen LogP contribution < -0.4 is 0 Å². The number of aryl methyl sites for hydroxylation is 4. The molecular formula is C16H23N5OS. The second-order valence-electron chi connectivity index (χ2n) is 5.80. The Bertz CT molecular complexity index is 673. The lowest BCUT2D eigenvalue weighted by Crippen LogP contribution is -2.33. The Morgan fingerprint density at radius 1 is 1.26 bits per heavy atom. The molecule has 0 aromatic carbocycles. The molecule has 2 aromatic heterocycles. The van der Waals surface area contributed by atoms with Crippen LogP contribution in [0.25, 0.3) is 0 Å². The Hall–Kier alpha value is -1.89. The second-order valence-corrected chi connectivity index (χ2v) is 7.11. The van der Waals surface area contributed by atoms with Gasteiger partial charge in [0, 0.05) is 36.2 Å². The van der Waals surface area contributed by atoms with Crippen LogP contribution in [-0.4, -0.2) is 43.3 Å². The number of hydrogen-bond donors (Lipinski definition) is 1. The maximum Gasteiger partial charge on any atom is 0.235 e. The van der Waals surface area contributed by atoms with Gasteiger partial charge in [0.15, 0.2) is 5.16 Å². The van der Waals surface area contributed by atoms with E-state index in [9.17, 15) is 4.79 Å². The van der Waals surface area contributed by atoms with Crippen LogP contribution in [0.4, 0.5) is 0 Å². The molecule has 0 unspecified atom stereocenters. The molecule has 124 valence electrons. The normalized spacial score (nSPS) is 12.3. The zero-order valence-electron chi connectivity index (χ0n) is 14.5. The van der Waals surface area contributed by atoms with Crippen molar-refractivity contribution >= 4 is 17.7 Å². The lowest BCUT2D eigenvalue weighted by atomic mass is 10.2. The van der Waals surface area contributed by atoms with Gasteiger partial charge in [-0.1, -0.05) is 11.8 Å². The molecule has 0 aliphatic rings. The average Bonchev–Trinajstić information content (AvgIpc) is 2.77. The lowest BCUT2D eigenvalue weighted by molar-refractivity contribution is -0.129. The number of nitrogens with zero attached hydrogens (tertiary/aromatic N) is 4. The molecule has 2 rings (SSSR count). The van der Waals surface area contributed by atoms with Crippen LogP contribution >= 0.6 is 11.8 Å². The van der Waals surface area contributed by atoms with E-state index in [0.717, 1.165) is 28.3 Å². The van der Waals surface area contributed by atoms with Gasteiger partial charge >= 0.3 is 0 Å². The first-order valence-corrected chi connectivity index (χ1v) is 8.40. The number of hydrogen-bond acceptors (Lipinski definition) is 5. The number of amides is 1. The molecule has 0 spiro atoms. The smallest absolute Gasteiger partial charge is 0.235 e. The van der Waals surface area contributed by atoms with Crippen molar-refractivity contribution in [3.63, 3.8) is 0 Å². The summed E-state index contributed by atoms with van der Waals surface area (Å²) in [5.41, 5.74) is 4.83. The lowest BCUT2D eigenvalue weighted by Gasteiger charge is -2.21. The van der Waals surface area contributed by atoms with Crippen molar-refractivity contribution in [3.8, 4) is 0 Å². The van der Waals surface area contributed by atoms with E-state index >= 15 is 0 Å². The number of nitrogens with one attached hydrogen (secondary N) is 1. The van der Waals surface area contributed by atoms with Gasteiger partial charge in [-0.05, 0) is 40.7 Å². The highest BCUT2D eigenvalue weighted by atomic mass is 32.2. The maximum absolute atomic E-state index is 12.6. The number of aromatic amines is 1. The zero-order chi connectivity index (χ0) is 17.1. The van der Waals surface area contributed by atoms with E-state index in [0.29, 0.717) is 11.7 Å². The predicted molar refractivity (Wildman–Crippen MR) is 91.4 cm³/mol. The Morgan fingerprint density at radius 3 is 2.39 bits per heavy atom. The first-order valence-electron chi connectivity index (χ1n) is 7.52. The molecule has 1 amide bonds. The highest BCUT2D eigenvalue weighted by Gasteiger charge is 2.21. The minimum atomic E-state index is -0.242. The third kappa shape index (κ3) is 4.31. The quantitative estimate of drug-likeness (QED) is 0.672. The molecule has 2 heterocycles. The molecule has 0 aliphatic heterocycles. The van der Waals surface area contributed by atoms with E-state index in [1.54, 1.807) is 4.90 Å². The molecule has 7 heteroatoms. The minimum absolute atomic E-state index is 0.0535. The molecule has 0 radical (unpaired) electrons. The fraction of sp³-hybridized carbons (Fsp3) is 0.500. The summed E-state index contributed by atoms with van der Waals surface area (Å²) in [4.78, 5) is 23.1. The van der Waals surface area contributed by atoms with E-state index < -0.39 is 0 Å². The highest BCUT2D eigenvalue weighted by molar-refractivity contribution is 8.00. The van der Waals surface area contributed by atoms with Crippen LogP contribution in [-0.2, 0) is 11.3 Å². The Kier molecular flexibility index (Phi) is 5.41. The third-order valence-corrected chi connectivity index (χ3v) is 4.59. The topological polar surface area (TPSA) is 74.8 Å². The standard InChI is InChI=1S/C16H23N5OS/c1-9-7-10(2)18-16(17-9)23-13(5)15(22)21(6)8-14-11(3)19-20-12(14)4/h7,13H,8H2,1-6H3,(H,19,20)/t13-/m1/s1. The van der Waals surface area contributed by atoms with Crippen molar-refractivity contribution in [2.75, 3.05) is 7.05 Å². The second kappa shape index (κ2) is 7.12. The summed E-state index contributed by atoms with van der Waals surface area (Å²) < 4.78 is 0. The number of carbonyl (C=O) groups excluding carboxylic acids is 1. The summed E-state index contributed by atoms with van der Waals surface area (Å²) in [6, 6.07) is 1.92. The summed E-state index contributed by atoms with van der Waals surface area (Å²) in [7, 11) is 1.81. The van der Waals surface area contributed by atoms with Gasteiger partial charge in [-0.2, -0.15) is 5.10 Å². The monoisotopic (exact) mass is 333 g/mol. The van der Waals surface area contributed by atoms with E-state index in [2.05, 4.69) is 20.2 Å². The van der Waals surface area contributed by atoms with Gasteiger partial charge in [0.1, 0.15) is 0 Å². The SMILES string of the molecule is Cc1cc(C)nc(S[C@H](C)C(=O)N(C)Cc2c(C)n[nH]c2C)n1.